The summed E-state index contributed by atoms with van der Waals surface area (Å²) in [6.45, 7) is 20.2. The maximum absolute atomic E-state index is 2.52. The molecule has 0 aliphatic carbocycles. The average molecular weight is 383 g/mol. The van der Waals surface area contributed by atoms with Gasteiger partial charge in [0.1, 0.15) is 0 Å². The molecule has 2 aromatic carbocycles. The van der Waals surface area contributed by atoms with Gasteiger partial charge >= 0.3 is 0 Å². The molecule has 142 valence electrons. The highest BCUT2D eigenvalue weighted by molar-refractivity contribution is 7.53. The lowest BCUT2D eigenvalue weighted by Gasteiger charge is -2.58. The summed E-state index contributed by atoms with van der Waals surface area (Å²) in [7, 11) is -3.67. The molecule has 0 saturated heterocycles. The molecule has 2 heteroatoms. The molecule has 0 aromatic heterocycles. The van der Waals surface area contributed by atoms with E-state index in [2.05, 4.69) is 116 Å². The molecular formula is C24H38Si2. The summed E-state index contributed by atoms with van der Waals surface area (Å²) in [6.07, 6.45) is 0. The van der Waals surface area contributed by atoms with E-state index in [0.717, 1.165) is 22.2 Å². The van der Waals surface area contributed by atoms with Gasteiger partial charge in [0.15, 0.2) is 0 Å². The molecule has 0 unspecified atom stereocenters. The first kappa shape index (κ1) is 21.2. The standard InChI is InChI=1S/C24H38Si2/c1-19(2)25(20(3)4,23-15-11-9-12-16-23)26(21(5)6,22(7)8)24-17-13-10-14-18-24/h9-22H,1-8H3. The Bertz CT molecular complexity index is 594. The van der Waals surface area contributed by atoms with Crippen LogP contribution < -0.4 is 10.4 Å². The van der Waals surface area contributed by atoms with Crippen LogP contribution in [-0.4, -0.2) is 15.2 Å². The maximum atomic E-state index is 2.52. The van der Waals surface area contributed by atoms with Gasteiger partial charge in [-0.25, -0.2) is 0 Å². The highest BCUT2D eigenvalue weighted by atomic mass is 29.3. The zero-order valence-electron chi connectivity index (χ0n) is 18.1. The van der Waals surface area contributed by atoms with Crippen molar-refractivity contribution in [3.05, 3.63) is 60.7 Å². The van der Waals surface area contributed by atoms with E-state index in [-0.39, 0.29) is 0 Å². The summed E-state index contributed by atoms with van der Waals surface area (Å²) in [4.78, 5) is 0. The monoisotopic (exact) mass is 382 g/mol. The van der Waals surface area contributed by atoms with Gasteiger partial charge in [0, 0.05) is 0 Å². The molecule has 26 heavy (non-hydrogen) atoms. The van der Waals surface area contributed by atoms with Crippen LogP contribution in [0.2, 0.25) is 22.2 Å². The van der Waals surface area contributed by atoms with E-state index in [4.69, 9.17) is 0 Å². The van der Waals surface area contributed by atoms with Crippen LogP contribution in [0.25, 0.3) is 0 Å². The molecule has 2 aromatic rings. The predicted octanol–water partition coefficient (Wildman–Crippen LogP) is 6.42. The zero-order chi connectivity index (χ0) is 19.5. The summed E-state index contributed by atoms with van der Waals surface area (Å²) in [6, 6.07) is 23.3. The molecule has 0 fully saturated rings. The van der Waals surface area contributed by atoms with Gasteiger partial charge in [0.05, 0.1) is 15.2 Å². The van der Waals surface area contributed by atoms with Crippen LogP contribution in [0.3, 0.4) is 0 Å². The molecule has 0 saturated carbocycles. The second-order valence-corrected chi connectivity index (χ2v) is 23.3. The lowest BCUT2D eigenvalue weighted by Crippen LogP contribution is -2.80. The number of benzene rings is 2. The van der Waals surface area contributed by atoms with Gasteiger partial charge in [-0.2, -0.15) is 0 Å². The van der Waals surface area contributed by atoms with Crippen molar-refractivity contribution in [3.63, 3.8) is 0 Å². The van der Waals surface area contributed by atoms with Crippen LogP contribution >= 0.6 is 0 Å². The van der Waals surface area contributed by atoms with Crippen LogP contribution in [0.4, 0.5) is 0 Å². The van der Waals surface area contributed by atoms with Crippen LogP contribution in [0.5, 0.6) is 0 Å². The maximum Gasteiger partial charge on any atom is 0.0910 e. The van der Waals surface area contributed by atoms with E-state index >= 15 is 0 Å². The fraction of sp³-hybridized carbons (Fsp3) is 0.500. The van der Waals surface area contributed by atoms with Crippen LogP contribution in [0.1, 0.15) is 55.4 Å². The van der Waals surface area contributed by atoms with Crippen LogP contribution in [0, 0.1) is 0 Å². The molecule has 0 amide bonds. The highest BCUT2D eigenvalue weighted by Crippen LogP contribution is 2.49. The largest absolute Gasteiger partial charge is 0.0910 e. The second-order valence-electron chi connectivity index (χ2n) is 9.09. The van der Waals surface area contributed by atoms with Gasteiger partial charge in [-0.3, -0.25) is 0 Å². The molecule has 0 aliphatic rings. The van der Waals surface area contributed by atoms with Crippen LogP contribution in [-0.2, 0) is 0 Å². The minimum absolute atomic E-state index is 0.724. The lowest BCUT2D eigenvalue weighted by molar-refractivity contribution is 0.884. The van der Waals surface area contributed by atoms with Crippen molar-refractivity contribution in [2.24, 2.45) is 0 Å². The molecular weight excluding hydrogens is 344 g/mol. The van der Waals surface area contributed by atoms with Gasteiger partial charge in [-0.15, -0.1) is 0 Å². The molecule has 0 N–H and O–H groups in total. The van der Waals surface area contributed by atoms with Gasteiger partial charge < -0.3 is 0 Å². The Morgan fingerprint density at radius 2 is 0.654 bits per heavy atom. The Morgan fingerprint density at radius 1 is 0.423 bits per heavy atom. The average Bonchev–Trinajstić information content (AvgIpc) is 2.59. The van der Waals surface area contributed by atoms with Crippen molar-refractivity contribution in [2.45, 2.75) is 77.6 Å². The molecule has 0 radical (unpaired) electrons. The molecule has 0 bridgehead atoms. The van der Waals surface area contributed by atoms with E-state index in [1.807, 2.05) is 0 Å². The topological polar surface area (TPSA) is 0 Å². The second kappa shape index (κ2) is 8.27. The first-order valence-corrected chi connectivity index (χ1v) is 15.7. The third-order valence-corrected chi connectivity index (χ3v) is 30.8. The summed E-state index contributed by atoms with van der Waals surface area (Å²) < 4.78 is 0. The Kier molecular flexibility index (Phi) is 6.73. The zero-order valence-corrected chi connectivity index (χ0v) is 20.1. The Morgan fingerprint density at radius 3 is 0.846 bits per heavy atom. The van der Waals surface area contributed by atoms with Crippen LogP contribution in [0.15, 0.2) is 60.7 Å². The highest BCUT2D eigenvalue weighted by Gasteiger charge is 2.62. The van der Waals surface area contributed by atoms with Crippen molar-refractivity contribution in [1.29, 1.82) is 0 Å². The Hall–Kier alpha value is -1.13. The molecule has 2 rings (SSSR count). The van der Waals surface area contributed by atoms with Crippen molar-refractivity contribution < 1.29 is 0 Å². The quantitative estimate of drug-likeness (QED) is 0.485. The first-order valence-electron chi connectivity index (χ1n) is 10.3. The lowest BCUT2D eigenvalue weighted by atomic mass is 10.4. The first-order chi connectivity index (χ1) is 12.2. The summed E-state index contributed by atoms with van der Waals surface area (Å²) in [5.41, 5.74) is 2.89. The van der Waals surface area contributed by atoms with E-state index in [0.29, 0.717) is 0 Å². The number of rotatable bonds is 7. The summed E-state index contributed by atoms with van der Waals surface area (Å²) >= 11 is 0. The normalized spacial score (nSPS) is 13.2. The van der Waals surface area contributed by atoms with Crippen molar-refractivity contribution in [3.8, 4) is 0 Å². The van der Waals surface area contributed by atoms with Gasteiger partial charge in [0.2, 0.25) is 0 Å². The SMILES string of the molecule is CC(C)[Si](c1ccccc1)(C(C)C)[Si](c1ccccc1)(C(C)C)C(C)C. The predicted molar refractivity (Wildman–Crippen MR) is 124 cm³/mol. The third-order valence-electron chi connectivity index (χ3n) is 6.83. The number of hydrogen-bond acceptors (Lipinski definition) is 0. The molecule has 0 heterocycles. The van der Waals surface area contributed by atoms with E-state index in [9.17, 15) is 0 Å². The Balaban J connectivity index is 3.01. The van der Waals surface area contributed by atoms with E-state index < -0.39 is 15.2 Å². The third kappa shape index (κ3) is 3.05. The van der Waals surface area contributed by atoms with E-state index in [1.54, 1.807) is 10.4 Å². The van der Waals surface area contributed by atoms with Crippen molar-refractivity contribution in [2.75, 3.05) is 0 Å². The van der Waals surface area contributed by atoms with Crippen molar-refractivity contribution in [1.82, 2.24) is 0 Å². The number of hydrogen-bond donors (Lipinski definition) is 0. The van der Waals surface area contributed by atoms with Gasteiger partial charge in [0.25, 0.3) is 0 Å². The summed E-state index contributed by atoms with van der Waals surface area (Å²) in [5.74, 6) is 0. The van der Waals surface area contributed by atoms with E-state index in [1.165, 1.54) is 0 Å². The van der Waals surface area contributed by atoms with Gasteiger partial charge in [-0.1, -0.05) is 126 Å². The minimum atomic E-state index is -1.83. The molecule has 0 aliphatic heterocycles. The minimum Gasteiger partial charge on any atom is -0.0650 e. The Labute approximate surface area is 163 Å². The summed E-state index contributed by atoms with van der Waals surface area (Å²) in [5, 5.41) is 3.37. The fourth-order valence-corrected chi connectivity index (χ4v) is 33.4. The molecule has 0 atom stereocenters. The fourth-order valence-electron chi connectivity index (χ4n) is 6.48. The molecule has 0 spiro atoms. The van der Waals surface area contributed by atoms with Crippen molar-refractivity contribution >= 4 is 25.6 Å². The molecule has 0 nitrogen and oxygen atoms in total. The van der Waals surface area contributed by atoms with Gasteiger partial charge in [-0.05, 0) is 22.2 Å². The smallest absolute Gasteiger partial charge is 0.0650 e.